The second kappa shape index (κ2) is 6.31. The number of carbonyl (C=O) groups is 1. The number of benzene rings is 1. The molecule has 1 N–H and O–H groups in total. The number of sulfonamides is 1. The average molecular weight is 310 g/mol. The molecule has 1 rings (SSSR count). The fourth-order valence-corrected chi connectivity index (χ4v) is 3.49. The van der Waals surface area contributed by atoms with Crippen LogP contribution in [0.15, 0.2) is 23.1 Å². The predicted octanol–water partition coefficient (Wildman–Crippen LogP) is 1.96. The Balaban J connectivity index is 3.22. The lowest BCUT2D eigenvalue weighted by Gasteiger charge is -2.20. The van der Waals surface area contributed by atoms with Crippen molar-refractivity contribution in [2.45, 2.75) is 18.2 Å². The summed E-state index contributed by atoms with van der Waals surface area (Å²) < 4.78 is 38.2. The molecule has 0 aromatic heterocycles. The van der Waals surface area contributed by atoms with Crippen molar-refractivity contribution < 1.29 is 22.7 Å². The number of hydrogen-bond donors (Lipinski definition) is 1. The van der Waals surface area contributed by atoms with E-state index in [0.717, 1.165) is 22.5 Å². The van der Waals surface area contributed by atoms with Crippen LogP contribution >= 0.6 is 11.6 Å². The molecular formula is C11H13ClFNO4S. The summed E-state index contributed by atoms with van der Waals surface area (Å²) >= 11 is 5.70. The second-order valence-corrected chi connectivity index (χ2v) is 6.12. The third-order valence-electron chi connectivity index (χ3n) is 2.30. The highest BCUT2D eigenvalue weighted by molar-refractivity contribution is 7.89. The molecule has 5 nitrogen and oxygen atoms in total. The van der Waals surface area contributed by atoms with Crippen molar-refractivity contribution >= 4 is 27.6 Å². The highest BCUT2D eigenvalue weighted by Crippen LogP contribution is 2.25. The van der Waals surface area contributed by atoms with Gasteiger partial charge >= 0.3 is 5.97 Å². The Morgan fingerprint density at radius 1 is 1.47 bits per heavy atom. The molecule has 19 heavy (non-hydrogen) atoms. The van der Waals surface area contributed by atoms with Crippen molar-refractivity contribution in [3.05, 3.63) is 29.0 Å². The van der Waals surface area contributed by atoms with Gasteiger partial charge in [0.2, 0.25) is 10.0 Å². The maximum atomic E-state index is 12.9. The summed E-state index contributed by atoms with van der Waals surface area (Å²) in [5, 5.41) is 8.46. The summed E-state index contributed by atoms with van der Waals surface area (Å²) in [7, 11) is -4.05. The topological polar surface area (TPSA) is 74.7 Å². The molecule has 0 saturated heterocycles. The van der Waals surface area contributed by atoms with Crippen LogP contribution in [0.25, 0.3) is 0 Å². The minimum atomic E-state index is -4.05. The largest absolute Gasteiger partial charge is 0.480 e. The summed E-state index contributed by atoms with van der Waals surface area (Å²) in [5.41, 5.74) is 0. The van der Waals surface area contributed by atoms with Crippen LogP contribution in [0.1, 0.15) is 13.3 Å². The number of hydrogen-bond acceptors (Lipinski definition) is 3. The van der Waals surface area contributed by atoms with E-state index in [4.69, 9.17) is 16.7 Å². The van der Waals surface area contributed by atoms with E-state index in [1.807, 2.05) is 0 Å². The Hall–Kier alpha value is -1.18. The molecule has 0 radical (unpaired) electrons. The summed E-state index contributed by atoms with van der Waals surface area (Å²) in [5.74, 6) is -1.93. The number of halogens is 2. The van der Waals surface area contributed by atoms with Crippen molar-refractivity contribution in [3.63, 3.8) is 0 Å². The van der Waals surface area contributed by atoms with Gasteiger partial charge < -0.3 is 5.11 Å². The molecule has 0 aliphatic rings. The predicted molar refractivity (Wildman–Crippen MR) is 68.1 cm³/mol. The van der Waals surface area contributed by atoms with Crippen LogP contribution in [0.5, 0.6) is 0 Å². The number of nitrogens with zero attached hydrogens (tertiary/aromatic N) is 1. The SMILES string of the molecule is CCCN(CC(=O)O)S(=O)(=O)c1ccc(F)cc1Cl. The quantitative estimate of drug-likeness (QED) is 0.871. The van der Waals surface area contributed by atoms with Gasteiger partial charge in [0.15, 0.2) is 0 Å². The highest BCUT2D eigenvalue weighted by Gasteiger charge is 2.28. The van der Waals surface area contributed by atoms with Gasteiger partial charge in [0.1, 0.15) is 17.3 Å². The number of aliphatic carboxylic acids is 1. The van der Waals surface area contributed by atoms with Gasteiger partial charge in [-0.05, 0) is 24.6 Å². The Bertz CT molecular complexity index is 576. The lowest BCUT2D eigenvalue weighted by atomic mass is 10.3. The molecule has 0 aliphatic carbocycles. The molecule has 8 heteroatoms. The molecule has 0 saturated carbocycles. The number of carboxylic acid groups (broad SMARTS) is 1. The van der Waals surface area contributed by atoms with E-state index in [1.54, 1.807) is 6.92 Å². The maximum Gasteiger partial charge on any atom is 0.318 e. The van der Waals surface area contributed by atoms with E-state index in [9.17, 15) is 17.6 Å². The third-order valence-corrected chi connectivity index (χ3v) is 4.62. The monoisotopic (exact) mass is 309 g/mol. The van der Waals surface area contributed by atoms with Gasteiger partial charge in [0.05, 0.1) is 5.02 Å². The summed E-state index contributed by atoms with van der Waals surface area (Å²) in [4.78, 5) is 10.4. The van der Waals surface area contributed by atoms with Gasteiger partial charge in [-0.3, -0.25) is 4.79 Å². The van der Waals surface area contributed by atoms with Crippen LogP contribution < -0.4 is 0 Å². The van der Waals surface area contributed by atoms with Crippen LogP contribution in [0.3, 0.4) is 0 Å². The zero-order chi connectivity index (χ0) is 14.6. The third kappa shape index (κ3) is 3.89. The van der Waals surface area contributed by atoms with Crippen LogP contribution in [0.4, 0.5) is 4.39 Å². The number of carboxylic acids is 1. The molecule has 0 bridgehead atoms. The van der Waals surface area contributed by atoms with Crippen molar-refractivity contribution in [1.82, 2.24) is 4.31 Å². The minimum absolute atomic E-state index is 0.0440. The maximum absolute atomic E-state index is 12.9. The zero-order valence-electron chi connectivity index (χ0n) is 10.1. The van der Waals surface area contributed by atoms with Crippen molar-refractivity contribution in [2.24, 2.45) is 0 Å². The minimum Gasteiger partial charge on any atom is -0.480 e. The van der Waals surface area contributed by atoms with E-state index in [0.29, 0.717) is 6.42 Å². The van der Waals surface area contributed by atoms with Crippen molar-refractivity contribution in [1.29, 1.82) is 0 Å². The van der Waals surface area contributed by atoms with Gasteiger partial charge in [0.25, 0.3) is 0 Å². The van der Waals surface area contributed by atoms with E-state index < -0.39 is 28.4 Å². The fourth-order valence-electron chi connectivity index (χ4n) is 1.51. The van der Waals surface area contributed by atoms with E-state index >= 15 is 0 Å². The van der Waals surface area contributed by atoms with E-state index in [1.165, 1.54) is 0 Å². The van der Waals surface area contributed by atoms with Gasteiger partial charge in [-0.15, -0.1) is 0 Å². The number of rotatable bonds is 6. The lowest BCUT2D eigenvalue weighted by molar-refractivity contribution is -0.137. The first kappa shape index (κ1) is 15.9. The van der Waals surface area contributed by atoms with Crippen LogP contribution in [-0.4, -0.2) is 36.9 Å². The standard InChI is InChI=1S/C11H13ClFNO4S/c1-2-5-14(7-11(15)16)19(17,18)10-4-3-8(13)6-9(10)12/h3-4,6H,2,5,7H2,1H3,(H,15,16). The summed E-state index contributed by atoms with van der Waals surface area (Å²) in [6.45, 7) is 1.10. The Labute approximate surface area is 115 Å². The molecule has 0 amide bonds. The first-order valence-corrected chi connectivity index (χ1v) is 7.27. The van der Waals surface area contributed by atoms with Crippen molar-refractivity contribution in [2.75, 3.05) is 13.1 Å². The fraction of sp³-hybridized carbons (Fsp3) is 0.364. The molecule has 0 unspecified atom stereocenters. The molecule has 0 heterocycles. The van der Waals surface area contributed by atoms with E-state index in [2.05, 4.69) is 0 Å². The second-order valence-electron chi connectivity index (χ2n) is 3.81. The van der Waals surface area contributed by atoms with Gasteiger partial charge in [-0.25, -0.2) is 12.8 Å². The van der Waals surface area contributed by atoms with Gasteiger partial charge in [0, 0.05) is 6.54 Å². The normalized spacial score (nSPS) is 11.8. The molecule has 1 aromatic rings. The molecule has 0 atom stereocenters. The first-order chi connectivity index (χ1) is 8.78. The van der Waals surface area contributed by atoms with Crippen LogP contribution in [0, 0.1) is 5.82 Å². The average Bonchev–Trinajstić information content (AvgIpc) is 2.27. The Morgan fingerprint density at radius 3 is 2.58 bits per heavy atom. The van der Waals surface area contributed by atoms with Gasteiger partial charge in [-0.2, -0.15) is 4.31 Å². The highest BCUT2D eigenvalue weighted by atomic mass is 35.5. The molecule has 1 aromatic carbocycles. The lowest BCUT2D eigenvalue weighted by Crippen LogP contribution is -2.36. The Morgan fingerprint density at radius 2 is 2.11 bits per heavy atom. The van der Waals surface area contributed by atoms with Gasteiger partial charge in [-0.1, -0.05) is 18.5 Å². The molecule has 0 spiro atoms. The Kier molecular flexibility index (Phi) is 5.28. The summed E-state index contributed by atoms with van der Waals surface area (Å²) in [6, 6.07) is 2.86. The summed E-state index contributed by atoms with van der Waals surface area (Å²) in [6.07, 6.45) is 0.450. The molecule has 0 fully saturated rings. The van der Waals surface area contributed by atoms with Crippen LogP contribution in [0.2, 0.25) is 5.02 Å². The molecule has 0 aliphatic heterocycles. The first-order valence-electron chi connectivity index (χ1n) is 5.46. The van der Waals surface area contributed by atoms with Crippen molar-refractivity contribution in [3.8, 4) is 0 Å². The smallest absolute Gasteiger partial charge is 0.318 e. The van der Waals surface area contributed by atoms with Crippen LogP contribution in [-0.2, 0) is 14.8 Å². The molecular weight excluding hydrogens is 297 g/mol. The van der Waals surface area contributed by atoms with E-state index in [-0.39, 0.29) is 16.5 Å². The zero-order valence-corrected chi connectivity index (χ0v) is 11.7. The molecule has 106 valence electrons.